The number of benzene rings is 2. The molecule has 2 N–H and O–H groups in total. The average Bonchev–Trinajstić information content (AvgIpc) is 2.65. The Morgan fingerprint density at radius 1 is 1.00 bits per heavy atom. The van der Waals surface area contributed by atoms with Crippen molar-refractivity contribution in [1.82, 2.24) is 4.72 Å². The number of sulfonamides is 1. The van der Waals surface area contributed by atoms with Crippen LogP contribution in [0.4, 0.5) is 5.69 Å². The minimum atomic E-state index is -3.92. The van der Waals surface area contributed by atoms with Crippen molar-refractivity contribution in [2.24, 2.45) is 0 Å². The zero-order chi connectivity index (χ0) is 20.6. The summed E-state index contributed by atoms with van der Waals surface area (Å²) in [7, 11) is -3.92. The predicted molar refractivity (Wildman–Crippen MR) is 103 cm³/mol. The molecule has 8 nitrogen and oxygen atoms in total. The van der Waals surface area contributed by atoms with E-state index < -0.39 is 22.0 Å². The highest BCUT2D eigenvalue weighted by molar-refractivity contribution is 7.89. The lowest BCUT2D eigenvalue weighted by molar-refractivity contribution is -0.145. The van der Waals surface area contributed by atoms with Crippen molar-refractivity contribution in [2.75, 3.05) is 18.5 Å². The molecule has 0 heterocycles. The fraction of sp³-hybridized carbons (Fsp3) is 0.263. The average molecular weight is 406 g/mol. The third-order valence-corrected chi connectivity index (χ3v) is 5.07. The minimum absolute atomic E-state index is 0.00872. The first-order valence-electron chi connectivity index (χ1n) is 8.52. The number of carbonyl (C=O) groups excluding carboxylic acids is 2. The van der Waals surface area contributed by atoms with Crippen LogP contribution in [0.3, 0.4) is 0 Å². The zero-order valence-electron chi connectivity index (χ0n) is 15.5. The van der Waals surface area contributed by atoms with Gasteiger partial charge in [-0.3, -0.25) is 9.59 Å². The summed E-state index contributed by atoms with van der Waals surface area (Å²) in [6.45, 7) is 2.89. The lowest BCUT2D eigenvalue weighted by Crippen LogP contribution is -2.39. The zero-order valence-corrected chi connectivity index (χ0v) is 16.4. The number of ether oxygens (including phenoxy) is 2. The van der Waals surface area contributed by atoms with Crippen molar-refractivity contribution in [3.8, 4) is 5.75 Å². The lowest BCUT2D eigenvalue weighted by atomic mass is 10.3. The van der Waals surface area contributed by atoms with Crippen LogP contribution in [0.15, 0.2) is 59.5 Å². The van der Waals surface area contributed by atoms with Crippen LogP contribution in [0.25, 0.3) is 0 Å². The maximum absolute atomic E-state index is 12.4. The van der Waals surface area contributed by atoms with E-state index in [4.69, 9.17) is 9.47 Å². The number of hydrogen-bond donors (Lipinski definition) is 2. The van der Waals surface area contributed by atoms with Crippen molar-refractivity contribution in [2.45, 2.75) is 24.8 Å². The van der Waals surface area contributed by atoms with Crippen LogP contribution in [0.2, 0.25) is 0 Å². The molecule has 2 aromatic carbocycles. The highest BCUT2D eigenvalue weighted by Crippen LogP contribution is 2.14. The standard InChI is InChI=1S/C19H22N2O6S/c1-14(19(23)27-13-12-26-17-6-4-3-5-7-17)21-28(24,25)18-10-8-16(9-11-18)20-15(2)22/h3-11,14,21H,12-13H2,1-2H3,(H,20,22)/t14-/m0/s1. The van der Waals surface area contributed by atoms with Gasteiger partial charge in [-0.1, -0.05) is 18.2 Å². The summed E-state index contributed by atoms with van der Waals surface area (Å²) in [6, 6.07) is 13.6. The summed E-state index contributed by atoms with van der Waals surface area (Å²) in [5.41, 5.74) is 0.470. The van der Waals surface area contributed by atoms with E-state index in [1.54, 1.807) is 12.1 Å². The first-order valence-corrected chi connectivity index (χ1v) is 10.0. The molecule has 0 aliphatic carbocycles. The summed E-state index contributed by atoms with van der Waals surface area (Å²) in [5, 5.41) is 2.54. The Hall–Kier alpha value is -2.91. The van der Waals surface area contributed by atoms with Gasteiger partial charge in [0.25, 0.3) is 0 Å². The lowest BCUT2D eigenvalue weighted by Gasteiger charge is -2.14. The predicted octanol–water partition coefficient (Wildman–Crippen LogP) is 1.93. The van der Waals surface area contributed by atoms with E-state index in [0.29, 0.717) is 11.4 Å². The molecule has 1 amide bonds. The van der Waals surface area contributed by atoms with Gasteiger partial charge in [-0.25, -0.2) is 8.42 Å². The molecule has 2 aromatic rings. The quantitative estimate of drug-likeness (QED) is 0.486. The largest absolute Gasteiger partial charge is 0.490 e. The molecule has 150 valence electrons. The summed E-state index contributed by atoms with van der Waals surface area (Å²) in [6.07, 6.45) is 0. The molecule has 0 unspecified atom stereocenters. The second-order valence-corrected chi connectivity index (χ2v) is 7.59. The molecular weight excluding hydrogens is 384 g/mol. The number of rotatable bonds is 9. The molecule has 0 spiro atoms. The van der Waals surface area contributed by atoms with Crippen molar-refractivity contribution >= 4 is 27.6 Å². The first kappa shape index (κ1) is 21.4. The molecule has 0 fully saturated rings. The fourth-order valence-electron chi connectivity index (χ4n) is 2.21. The summed E-state index contributed by atoms with van der Waals surface area (Å²) in [5.74, 6) is -0.327. The molecule has 0 aliphatic rings. The topological polar surface area (TPSA) is 111 Å². The van der Waals surface area contributed by atoms with Crippen LogP contribution in [0.5, 0.6) is 5.75 Å². The van der Waals surface area contributed by atoms with Gasteiger partial charge in [0.15, 0.2) is 0 Å². The first-order chi connectivity index (χ1) is 13.3. The van der Waals surface area contributed by atoms with Crippen LogP contribution < -0.4 is 14.8 Å². The Morgan fingerprint density at radius 2 is 1.64 bits per heavy atom. The van der Waals surface area contributed by atoms with Gasteiger partial charge in [-0.15, -0.1) is 0 Å². The van der Waals surface area contributed by atoms with E-state index in [1.807, 2.05) is 18.2 Å². The normalized spacial score (nSPS) is 12.1. The number of carbonyl (C=O) groups is 2. The fourth-order valence-corrected chi connectivity index (χ4v) is 3.41. The molecule has 2 rings (SSSR count). The van der Waals surface area contributed by atoms with E-state index in [-0.39, 0.29) is 24.0 Å². The molecule has 0 saturated heterocycles. The van der Waals surface area contributed by atoms with Gasteiger partial charge < -0.3 is 14.8 Å². The van der Waals surface area contributed by atoms with Gasteiger partial charge in [0.05, 0.1) is 4.90 Å². The Balaban J connectivity index is 1.83. The van der Waals surface area contributed by atoms with Crippen molar-refractivity contribution < 1.29 is 27.5 Å². The molecule has 0 bridgehead atoms. The van der Waals surface area contributed by atoms with Gasteiger partial charge in [-0.05, 0) is 43.3 Å². The van der Waals surface area contributed by atoms with Crippen molar-refractivity contribution in [3.63, 3.8) is 0 Å². The Labute approximate surface area is 163 Å². The highest BCUT2D eigenvalue weighted by atomic mass is 32.2. The molecule has 0 aliphatic heterocycles. The molecule has 9 heteroatoms. The summed E-state index contributed by atoms with van der Waals surface area (Å²) < 4.78 is 37.4. The van der Waals surface area contributed by atoms with Gasteiger partial charge in [0.1, 0.15) is 25.0 Å². The highest BCUT2D eigenvalue weighted by Gasteiger charge is 2.23. The maximum atomic E-state index is 12.4. The molecule has 0 saturated carbocycles. The smallest absolute Gasteiger partial charge is 0.324 e. The van der Waals surface area contributed by atoms with Gasteiger partial charge in [0, 0.05) is 12.6 Å². The molecule has 0 radical (unpaired) electrons. The maximum Gasteiger partial charge on any atom is 0.324 e. The van der Waals surface area contributed by atoms with Crippen molar-refractivity contribution in [3.05, 3.63) is 54.6 Å². The van der Waals surface area contributed by atoms with E-state index in [2.05, 4.69) is 10.0 Å². The monoisotopic (exact) mass is 406 g/mol. The molecule has 28 heavy (non-hydrogen) atoms. The van der Waals surface area contributed by atoms with Gasteiger partial charge in [0.2, 0.25) is 15.9 Å². The minimum Gasteiger partial charge on any atom is -0.490 e. The Bertz CT molecular complexity index is 898. The van der Waals surface area contributed by atoms with E-state index >= 15 is 0 Å². The van der Waals surface area contributed by atoms with Crippen LogP contribution in [-0.4, -0.2) is 39.5 Å². The second kappa shape index (κ2) is 9.86. The van der Waals surface area contributed by atoms with Crippen LogP contribution in [0.1, 0.15) is 13.8 Å². The number of amides is 1. The van der Waals surface area contributed by atoms with Gasteiger partial charge in [-0.2, -0.15) is 4.72 Å². The van der Waals surface area contributed by atoms with Crippen LogP contribution in [-0.2, 0) is 24.3 Å². The van der Waals surface area contributed by atoms with Crippen LogP contribution in [0, 0.1) is 0 Å². The number of anilines is 1. The SMILES string of the molecule is CC(=O)Nc1ccc(S(=O)(=O)N[C@@H](C)C(=O)OCCOc2ccccc2)cc1. The van der Waals surface area contributed by atoms with Gasteiger partial charge >= 0.3 is 5.97 Å². The summed E-state index contributed by atoms with van der Waals surface area (Å²) >= 11 is 0. The Kier molecular flexibility index (Phi) is 7.53. The molecule has 1 atom stereocenters. The summed E-state index contributed by atoms with van der Waals surface area (Å²) in [4.78, 5) is 23.0. The second-order valence-electron chi connectivity index (χ2n) is 5.88. The molecule has 0 aromatic heterocycles. The number of hydrogen-bond acceptors (Lipinski definition) is 6. The third-order valence-electron chi connectivity index (χ3n) is 3.51. The third kappa shape index (κ3) is 6.67. The van der Waals surface area contributed by atoms with E-state index in [9.17, 15) is 18.0 Å². The van der Waals surface area contributed by atoms with E-state index in [1.165, 1.54) is 38.1 Å². The van der Waals surface area contributed by atoms with Crippen LogP contribution >= 0.6 is 0 Å². The van der Waals surface area contributed by atoms with Crippen molar-refractivity contribution in [1.29, 1.82) is 0 Å². The number of para-hydroxylation sites is 1. The number of nitrogens with one attached hydrogen (secondary N) is 2. The number of esters is 1. The molecular formula is C19H22N2O6S. The van der Waals surface area contributed by atoms with E-state index in [0.717, 1.165) is 0 Å². The Morgan fingerprint density at radius 3 is 2.25 bits per heavy atom.